The van der Waals surface area contributed by atoms with Crippen molar-refractivity contribution in [3.63, 3.8) is 0 Å². The van der Waals surface area contributed by atoms with Crippen LogP contribution in [-0.2, 0) is 5.41 Å². The topological polar surface area (TPSA) is 36.7 Å². The number of nitrogens with zero attached hydrogens (tertiary/aromatic N) is 2. The summed E-state index contributed by atoms with van der Waals surface area (Å²) < 4.78 is 0.807. The van der Waals surface area contributed by atoms with Crippen molar-refractivity contribution in [1.29, 1.82) is 5.26 Å². The Labute approximate surface area is 79.4 Å². The number of nitriles is 1. The fourth-order valence-corrected chi connectivity index (χ4v) is 1.57. The van der Waals surface area contributed by atoms with E-state index in [-0.39, 0.29) is 5.41 Å². The van der Waals surface area contributed by atoms with Crippen LogP contribution in [0.1, 0.15) is 18.5 Å². The van der Waals surface area contributed by atoms with Crippen molar-refractivity contribution >= 4 is 15.9 Å². The molecule has 1 aromatic rings. The summed E-state index contributed by atoms with van der Waals surface area (Å²) in [6.45, 7) is 0. The normalized spacial score (nSPS) is 18.3. The molecule has 1 heterocycles. The Hall–Kier alpha value is -0.880. The highest BCUT2D eigenvalue weighted by Gasteiger charge is 2.46. The summed E-state index contributed by atoms with van der Waals surface area (Å²) >= 11 is 3.29. The molecule has 12 heavy (non-hydrogen) atoms. The van der Waals surface area contributed by atoms with Gasteiger partial charge in [0.05, 0.1) is 17.2 Å². The third-order valence-corrected chi connectivity index (χ3v) is 2.61. The first kappa shape index (κ1) is 7.75. The van der Waals surface area contributed by atoms with Crippen molar-refractivity contribution in [2.75, 3.05) is 0 Å². The molecule has 0 bridgehead atoms. The molecule has 1 aliphatic rings. The molecule has 0 N–H and O–H groups in total. The molecule has 0 radical (unpaired) electrons. The summed E-state index contributed by atoms with van der Waals surface area (Å²) in [6.07, 6.45) is 1.90. The van der Waals surface area contributed by atoms with E-state index in [0.717, 1.165) is 23.1 Å². The van der Waals surface area contributed by atoms with Crippen LogP contribution in [0.25, 0.3) is 0 Å². The number of rotatable bonds is 1. The second-order valence-corrected chi connectivity index (χ2v) is 3.85. The van der Waals surface area contributed by atoms with Crippen LogP contribution in [0.5, 0.6) is 0 Å². The third-order valence-electron chi connectivity index (χ3n) is 2.17. The van der Waals surface area contributed by atoms with E-state index in [0.29, 0.717) is 0 Å². The van der Waals surface area contributed by atoms with Gasteiger partial charge in [0, 0.05) is 0 Å². The smallest absolute Gasteiger partial charge is 0.106 e. The molecule has 0 unspecified atom stereocenters. The summed E-state index contributed by atoms with van der Waals surface area (Å²) in [7, 11) is 0. The van der Waals surface area contributed by atoms with Crippen LogP contribution < -0.4 is 0 Å². The molecule has 0 aliphatic heterocycles. The van der Waals surface area contributed by atoms with Gasteiger partial charge in [-0.1, -0.05) is 6.07 Å². The first-order chi connectivity index (χ1) is 5.77. The van der Waals surface area contributed by atoms with Crippen molar-refractivity contribution < 1.29 is 0 Å². The molecule has 1 saturated carbocycles. The summed E-state index contributed by atoms with van der Waals surface area (Å²) in [5.74, 6) is 0. The average Bonchev–Trinajstić information content (AvgIpc) is 2.84. The Morgan fingerprint density at radius 1 is 1.50 bits per heavy atom. The molecular formula is C9H7BrN2. The zero-order valence-electron chi connectivity index (χ0n) is 6.42. The maximum absolute atomic E-state index is 8.90. The van der Waals surface area contributed by atoms with Gasteiger partial charge < -0.3 is 0 Å². The molecule has 0 aromatic carbocycles. The highest BCUT2D eigenvalue weighted by molar-refractivity contribution is 9.10. The van der Waals surface area contributed by atoms with E-state index >= 15 is 0 Å². The van der Waals surface area contributed by atoms with Crippen LogP contribution in [0.4, 0.5) is 0 Å². The Balaban J connectivity index is 2.42. The lowest BCUT2D eigenvalue weighted by molar-refractivity contribution is 0.849. The second kappa shape index (κ2) is 2.56. The first-order valence-corrected chi connectivity index (χ1v) is 4.60. The fourth-order valence-electron chi connectivity index (χ4n) is 1.23. The molecule has 1 aromatic heterocycles. The van der Waals surface area contributed by atoms with E-state index < -0.39 is 0 Å². The van der Waals surface area contributed by atoms with Crippen molar-refractivity contribution in [2.24, 2.45) is 0 Å². The largest absolute Gasteiger partial charge is 0.244 e. The minimum atomic E-state index is -0.260. The van der Waals surface area contributed by atoms with E-state index in [9.17, 15) is 0 Å². The van der Waals surface area contributed by atoms with Crippen molar-refractivity contribution in [1.82, 2.24) is 4.98 Å². The van der Waals surface area contributed by atoms with Crippen LogP contribution in [0, 0.1) is 11.3 Å². The van der Waals surface area contributed by atoms with Crippen LogP contribution in [0.2, 0.25) is 0 Å². The van der Waals surface area contributed by atoms with Gasteiger partial charge in [-0.25, -0.2) is 4.98 Å². The molecule has 1 fully saturated rings. The van der Waals surface area contributed by atoms with Gasteiger partial charge in [0.1, 0.15) is 4.60 Å². The molecule has 0 amide bonds. The zero-order chi connectivity index (χ0) is 8.60. The van der Waals surface area contributed by atoms with Gasteiger partial charge in [-0.15, -0.1) is 0 Å². The third kappa shape index (κ3) is 1.12. The lowest BCUT2D eigenvalue weighted by Crippen LogP contribution is -2.04. The number of halogens is 1. The molecule has 3 heteroatoms. The Kier molecular flexibility index (Phi) is 1.66. The average molecular weight is 223 g/mol. The van der Waals surface area contributed by atoms with Gasteiger partial charge in [-0.3, -0.25) is 0 Å². The Bertz CT molecular complexity index is 350. The van der Waals surface area contributed by atoms with E-state index in [2.05, 4.69) is 27.0 Å². The standard InChI is InChI=1S/C9H7BrN2/c10-8-3-1-2-7(12-8)9(6-11)4-5-9/h1-3H,4-5H2. The highest BCUT2D eigenvalue weighted by Crippen LogP contribution is 2.46. The maximum Gasteiger partial charge on any atom is 0.106 e. The SMILES string of the molecule is N#CC1(c2cccc(Br)n2)CC1. The van der Waals surface area contributed by atoms with Crippen molar-refractivity contribution in [2.45, 2.75) is 18.3 Å². The van der Waals surface area contributed by atoms with Crippen molar-refractivity contribution in [3.8, 4) is 6.07 Å². The first-order valence-electron chi connectivity index (χ1n) is 3.81. The Morgan fingerprint density at radius 2 is 2.25 bits per heavy atom. The van der Waals surface area contributed by atoms with Crippen LogP contribution in [0.3, 0.4) is 0 Å². The quantitative estimate of drug-likeness (QED) is 0.685. The van der Waals surface area contributed by atoms with Gasteiger partial charge in [-0.2, -0.15) is 5.26 Å². The molecule has 0 saturated heterocycles. The van der Waals surface area contributed by atoms with Gasteiger partial charge in [0.15, 0.2) is 0 Å². The monoisotopic (exact) mass is 222 g/mol. The molecular weight excluding hydrogens is 216 g/mol. The molecule has 60 valence electrons. The predicted molar refractivity (Wildman–Crippen MR) is 48.5 cm³/mol. The van der Waals surface area contributed by atoms with E-state index in [1.165, 1.54) is 0 Å². The van der Waals surface area contributed by atoms with E-state index in [1.807, 2.05) is 18.2 Å². The van der Waals surface area contributed by atoms with E-state index in [1.54, 1.807) is 0 Å². The molecule has 2 nitrogen and oxygen atoms in total. The lowest BCUT2D eigenvalue weighted by atomic mass is 10.0. The molecule has 0 spiro atoms. The lowest BCUT2D eigenvalue weighted by Gasteiger charge is -2.03. The zero-order valence-corrected chi connectivity index (χ0v) is 8.00. The van der Waals surface area contributed by atoms with Crippen LogP contribution in [0.15, 0.2) is 22.8 Å². The van der Waals surface area contributed by atoms with E-state index in [4.69, 9.17) is 5.26 Å². The maximum atomic E-state index is 8.90. The number of hydrogen-bond acceptors (Lipinski definition) is 2. The predicted octanol–water partition coefficient (Wildman–Crippen LogP) is 2.40. The summed E-state index contributed by atoms with van der Waals surface area (Å²) in [4.78, 5) is 4.27. The Morgan fingerprint density at radius 3 is 2.75 bits per heavy atom. The minimum absolute atomic E-state index is 0.260. The molecule has 0 atom stereocenters. The summed E-state index contributed by atoms with van der Waals surface area (Å²) in [6, 6.07) is 8.02. The molecule has 1 aliphatic carbocycles. The second-order valence-electron chi connectivity index (χ2n) is 3.04. The molecule has 2 rings (SSSR count). The summed E-state index contributed by atoms with van der Waals surface area (Å²) in [5.41, 5.74) is 0.642. The van der Waals surface area contributed by atoms with Gasteiger partial charge in [0.2, 0.25) is 0 Å². The number of hydrogen-bond donors (Lipinski definition) is 0. The van der Waals surface area contributed by atoms with Crippen molar-refractivity contribution in [3.05, 3.63) is 28.5 Å². The van der Waals surface area contributed by atoms with Gasteiger partial charge in [-0.05, 0) is 40.9 Å². The number of pyridine rings is 1. The van der Waals surface area contributed by atoms with Gasteiger partial charge in [0.25, 0.3) is 0 Å². The highest BCUT2D eigenvalue weighted by atomic mass is 79.9. The number of aromatic nitrogens is 1. The minimum Gasteiger partial charge on any atom is -0.244 e. The van der Waals surface area contributed by atoms with Gasteiger partial charge >= 0.3 is 0 Å². The summed E-state index contributed by atoms with van der Waals surface area (Å²) in [5, 5.41) is 8.90. The van der Waals surface area contributed by atoms with Crippen LogP contribution >= 0.6 is 15.9 Å². The fraction of sp³-hybridized carbons (Fsp3) is 0.333. The van der Waals surface area contributed by atoms with Crippen LogP contribution in [-0.4, -0.2) is 4.98 Å².